The topological polar surface area (TPSA) is 94.8 Å². The summed E-state index contributed by atoms with van der Waals surface area (Å²) in [5.74, 6) is -1.36. The lowest BCUT2D eigenvalue weighted by Crippen LogP contribution is -2.46. The van der Waals surface area contributed by atoms with Crippen LogP contribution in [0.2, 0.25) is 0 Å². The number of ether oxygens (including phenoxy) is 1. The van der Waals surface area contributed by atoms with Gasteiger partial charge in [-0.25, -0.2) is 13.2 Å². The van der Waals surface area contributed by atoms with E-state index in [4.69, 9.17) is 8.85 Å². The summed E-state index contributed by atoms with van der Waals surface area (Å²) in [5, 5.41) is 22.8. The van der Waals surface area contributed by atoms with E-state index in [1.807, 2.05) is 0 Å². The summed E-state index contributed by atoms with van der Waals surface area (Å²) in [4.78, 5) is 17.1. The normalized spacial score (nSPS) is 27.0. The number of aliphatic hydroxyl groups is 1. The first-order valence-corrected chi connectivity index (χ1v) is 15.1. The number of aromatic hydroxyl groups is 1. The summed E-state index contributed by atoms with van der Waals surface area (Å²) >= 11 is 0. The lowest BCUT2D eigenvalue weighted by molar-refractivity contribution is 0.0447. The Morgan fingerprint density at radius 1 is 1.16 bits per heavy atom. The van der Waals surface area contributed by atoms with E-state index in [0.29, 0.717) is 48.7 Å². The zero-order chi connectivity index (χ0) is 33.3. The van der Waals surface area contributed by atoms with Crippen molar-refractivity contribution in [2.45, 2.75) is 69.6 Å². The Morgan fingerprint density at radius 3 is 2.82 bits per heavy atom. The van der Waals surface area contributed by atoms with Crippen LogP contribution in [-0.2, 0) is 6.42 Å². The van der Waals surface area contributed by atoms with Crippen molar-refractivity contribution in [2.24, 2.45) is 0 Å². The molecule has 0 bridgehead atoms. The van der Waals surface area contributed by atoms with Crippen molar-refractivity contribution in [3.8, 4) is 23.0 Å². The Labute approximate surface area is 257 Å². The van der Waals surface area contributed by atoms with Gasteiger partial charge in [0.25, 0.3) is 0 Å². The molecule has 2 N–H and O–H groups in total. The Kier molecular flexibility index (Phi) is 6.24. The number of piperidine rings is 1. The van der Waals surface area contributed by atoms with Crippen LogP contribution in [0.1, 0.15) is 55.6 Å². The summed E-state index contributed by atoms with van der Waals surface area (Å²) < 4.78 is 76.3. The summed E-state index contributed by atoms with van der Waals surface area (Å²) in [6.07, 6.45) is 2.98. The number of benzene rings is 2. The third-order valence-electron chi connectivity index (χ3n) is 9.41. The fourth-order valence-corrected chi connectivity index (χ4v) is 7.41. The number of nitrogens with zero attached hydrogens (tertiary/aromatic N) is 5. The van der Waals surface area contributed by atoms with Gasteiger partial charge in [-0.2, -0.15) is 9.97 Å². The Bertz CT molecular complexity index is 1880. The SMILES string of the molecule is [2H]C([2H])([2H])[C@]1(O)CCCN(c2nc(OC[C@@]34CCCN3C[C@H](F)C4)nc3c(F)c(-c4cc(O)cc5ccc(F)c(CC)c45)ncc23)C1. The lowest BCUT2D eigenvalue weighted by atomic mass is 9.94. The van der Waals surface area contributed by atoms with Crippen LogP contribution in [0.25, 0.3) is 32.9 Å². The van der Waals surface area contributed by atoms with Crippen LogP contribution in [0, 0.1) is 11.6 Å². The third-order valence-corrected chi connectivity index (χ3v) is 9.41. The molecule has 0 spiro atoms. The molecule has 3 fully saturated rings. The largest absolute Gasteiger partial charge is 0.508 e. The minimum atomic E-state index is -2.68. The molecule has 0 aliphatic carbocycles. The second-order valence-electron chi connectivity index (χ2n) is 12.4. The molecule has 4 aromatic rings. The number of β-amino-alcohol motifs (C(OH)–C–C–N with tert-alkyl or cyclic N) is 1. The van der Waals surface area contributed by atoms with Gasteiger partial charge in [0.05, 0.1) is 16.5 Å². The van der Waals surface area contributed by atoms with Crippen LogP contribution in [0.15, 0.2) is 30.5 Å². The zero-order valence-electron chi connectivity index (χ0n) is 27.4. The molecule has 8 nitrogen and oxygen atoms in total. The van der Waals surface area contributed by atoms with E-state index in [-0.39, 0.29) is 59.3 Å². The Balaban J connectivity index is 1.38. The molecular weight excluding hydrogens is 571 g/mol. The number of aryl methyl sites for hydroxylation is 1. The van der Waals surface area contributed by atoms with Crippen molar-refractivity contribution in [2.75, 3.05) is 37.7 Å². The van der Waals surface area contributed by atoms with Gasteiger partial charge >= 0.3 is 6.01 Å². The van der Waals surface area contributed by atoms with Crippen LogP contribution in [0.5, 0.6) is 11.8 Å². The molecule has 3 saturated heterocycles. The number of phenolic OH excluding ortho intramolecular Hbond substituents is 1. The van der Waals surface area contributed by atoms with Gasteiger partial charge in [0, 0.05) is 41.9 Å². The predicted molar refractivity (Wildman–Crippen MR) is 162 cm³/mol. The highest BCUT2D eigenvalue weighted by molar-refractivity contribution is 6.01. The van der Waals surface area contributed by atoms with Crippen LogP contribution >= 0.6 is 0 Å². The number of alkyl halides is 1. The maximum absolute atomic E-state index is 16.8. The van der Waals surface area contributed by atoms with Crippen molar-refractivity contribution in [1.29, 1.82) is 0 Å². The molecule has 3 aliphatic rings. The number of halogens is 3. The standard InChI is InChI=1S/C33H36F3N5O3/c1-3-22-25(35)7-6-19-12-21(42)13-23(26(19)22)28-27(36)29-24(15-37-28)30(40-10-4-8-32(2,43)17-40)39-31(38-29)44-18-33-9-5-11-41(33)16-20(34)14-33/h6-7,12-13,15,20,42-43H,3-5,8-11,14,16-18H2,1-2H3/t20-,32+,33+/m1/s1/i2D3. The van der Waals surface area contributed by atoms with E-state index in [1.165, 1.54) is 30.5 Å². The highest BCUT2D eigenvalue weighted by atomic mass is 19.1. The van der Waals surface area contributed by atoms with E-state index in [0.717, 1.165) is 19.4 Å². The molecule has 0 radical (unpaired) electrons. The van der Waals surface area contributed by atoms with Crippen molar-refractivity contribution in [3.63, 3.8) is 0 Å². The fourth-order valence-electron chi connectivity index (χ4n) is 7.41. The predicted octanol–water partition coefficient (Wildman–Crippen LogP) is 5.70. The second-order valence-corrected chi connectivity index (χ2v) is 12.4. The van der Waals surface area contributed by atoms with Crippen molar-refractivity contribution >= 4 is 27.5 Å². The highest BCUT2D eigenvalue weighted by Gasteiger charge is 2.49. The molecule has 3 aliphatic heterocycles. The minimum absolute atomic E-state index is 0.0484. The molecule has 2 aromatic heterocycles. The zero-order valence-corrected chi connectivity index (χ0v) is 24.4. The van der Waals surface area contributed by atoms with Crippen LogP contribution in [0.3, 0.4) is 0 Å². The molecule has 0 amide bonds. The molecule has 11 heteroatoms. The molecular formula is C33H36F3N5O3. The van der Waals surface area contributed by atoms with E-state index in [1.54, 1.807) is 11.8 Å². The summed E-state index contributed by atoms with van der Waals surface area (Å²) in [6, 6.07) is 5.44. The average molecular weight is 611 g/mol. The van der Waals surface area contributed by atoms with Gasteiger partial charge < -0.3 is 19.8 Å². The van der Waals surface area contributed by atoms with Crippen molar-refractivity contribution in [3.05, 3.63) is 47.7 Å². The van der Waals surface area contributed by atoms with E-state index in [2.05, 4.69) is 19.9 Å². The van der Waals surface area contributed by atoms with Gasteiger partial charge in [0.1, 0.15) is 41.4 Å². The lowest BCUT2D eigenvalue weighted by Gasteiger charge is -2.38. The summed E-state index contributed by atoms with van der Waals surface area (Å²) in [7, 11) is 0. The van der Waals surface area contributed by atoms with Gasteiger partial charge in [-0.15, -0.1) is 0 Å². The smallest absolute Gasteiger partial charge is 0.319 e. The summed E-state index contributed by atoms with van der Waals surface area (Å²) in [5.41, 5.74) is -2.41. The van der Waals surface area contributed by atoms with E-state index in [9.17, 15) is 19.0 Å². The molecule has 44 heavy (non-hydrogen) atoms. The highest BCUT2D eigenvalue weighted by Crippen LogP contribution is 2.42. The molecule has 232 valence electrons. The quantitative estimate of drug-likeness (QED) is 0.287. The number of hydrogen-bond acceptors (Lipinski definition) is 8. The first kappa shape index (κ1) is 25.6. The van der Waals surface area contributed by atoms with E-state index >= 15 is 4.39 Å². The van der Waals surface area contributed by atoms with Gasteiger partial charge in [0.15, 0.2) is 5.82 Å². The fraction of sp³-hybridized carbons (Fsp3) is 0.485. The number of rotatable bonds is 6. The number of fused-ring (bicyclic) bond motifs is 3. The molecule has 0 saturated carbocycles. The van der Waals surface area contributed by atoms with Gasteiger partial charge in [-0.05, 0) is 80.0 Å². The van der Waals surface area contributed by atoms with Gasteiger partial charge in [-0.3, -0.25) is 9.88 Å². The number of pyridine rings is 1. The van der Waals surface area contributed by atoms with Crippen molar-refractivity contribution < 1.29 is 32.2 Å². The number of phenols is 1. The summed E-state index contributed by atoms with van der Waals surface area (Å²) in [6.45, 7) is 0.271. The van der Waals surface area contributed by atoms with Crippen LogP contribution in [0.4, 0.5) is 19.0 Å². The monoisotopic (exact) mass is 610 g/mol. The van der Waals surface area contributed by atoms with E-state index < -0.39 is 35.8 Å². The maximum Gasteiger partial charge on any atom is 0.319 e. The first-order valence-electron chi connectivity index (χ1n) is 16.6. The number of hydrogen-bond donors (Lipinski definition) is 2. The minimum Gasteiger partial charge on any atom is -0.508 e. The molecule has 7 rings (SSSR count). The second kappa shape index (κ2) is 10.7. The molecule has 0 unspecified atom stereocenters. The molecule has 3 atom stereocenters. The van der Waals surface area contributed by atoms with Crippen molar-refractivity contribution in [1.82, 2.24) is 19.9 Å². The third kappa shape index (κ3) is 4.90. The van der Waals surface area contributed by atoms with Crippen LogP contribution in [-0.4, -0.2) is 80.2 Å². The number of anilines is 1. The van der Waals surface area contributed by atoms with Gasteiger partial charge in [0.2, 0.25) is 0 Å². The number of aromatic nitrogens is 3. The van der Waals surface area contributed by atoms with Crippen LogP contribution < -0.4 is 9.64 Å². The molecule has 5 heterocycles. The van der Waals surface area contributed by atoms with Gasteiger partial charge in [-0.1, -0.05) is 13.0 Å². The Hall–Kier alpha value is -3.70. The average Bonchev–Trinajstić information content (AvgIpc) is 3.55. The molecule has 2 aromatic carbocycles. The Morgan fingerprint density at radius 2 is 2.00 bits per heavy atom. The maximum atomic E-state index is 16.8. The first-order chi connectivity index (χ1) is 22.3.